The summed E-state index contributed by atoms with van der Waals surface area (Å²) in [5, 5.41) is 2.93. The molecule has 0 aliphatic carbocycles. The van der Waals surface area contributed by atoms with Crippen molar-refractivity contribution in [3.8, 4) is 5.75 Å². The average Bonchev–Trinajstić information content (AvgIpc) is 2.51. The van der Waals surface area contributed by atoms with Gasteiger partial charge in [0.25, 0.3) is 0 Å². The Hall–Kier alpha value is -1.71. The number of aryl methyl sites for hydroxylation is 1. The first kappa shape index (κ1) is 15.7. The van der Waals surface area contributed by atoms with Gasteiger partial charge in [-0.25, -0.2) is 4.79 Å². The number of hydrogen-bond donors (Lipinski definition) is 1. The minimum atomic E-state index is 0.0347. The van der Waals surface area contributed by atoms with Crippen molar-refractivity contribution in [3.05, 3.63) is 29.8 Å². The molecule has 0 bridgehead atoms. The van der Waals surface area contributed by atoms with Gasteiger partial charge in [-0.05, 0) is 42.9 Å². The van der Waals surface area contributed by atoms with E-state index >= 15 is 0 Å². The van der Waals surface area contributed by atoms with Crippen molar-refractivity contribution >= 4 is 6.03 Å². The molecule has 1 aliphatic rings. The fourth-order valence-electron chi connectivity index (χ4n) is 2.67. The molecule has 0 spiro atoms. The summed E-state index contributed by atoms with van der Waals surface area (Å²) < 4.78 is 5.67. The van der Waals surface area contributed by atoms with Gasteiger partial charge in [-0.15, -0.1) is 0 Å². The summed E-state index contributed by atoms with van der Waals surface area (Å²) in [7, 11) is 0. The van der Waals surface area contributed by atoms with E-state index in [9.17, 15) is 4.79 Å². The topological polar surface area (TPSA) is 41.6 Å². The molecule has 116 valence electrons. The number of nitrogens with zero attached hydrogens (tertiary/aromatic N) is 1. The van der Waals surface area contributed by atoms with Crippen LogP contribution >= 0.6 is 0 Å². The van der Waals surface area contributed by atoms with Crippen LogP contribution in [0.3, 0.4) is 0 Å². The summed E-state index contributed by atoms with van der Waals surface area (Å²) in [6.45, 7) is 7.10. The average molecular weight is 290 g/mol. The van der Waals surface area contributed by atoms with Gasteiger partial charge < -0.3 is 15.0 Å². The number of likely N-dealkylation sites (tertiary alicyclic amines) is 1. The third kappa shape index (κ3) is 4.96. The molecule has 2 rings (SSSR count). The Kier molecular flexibility index (Phi) is 5.90. The van der Waals surface area contributed by atoms with E-state index in [0.717, 1.165) is 31.7 Å². The zero-order chi connectivity index (χ0) is 15.1. The third-order valence-corrected chi connectivity index (χ3v) is 3.90. The highest BCUT2D eigenvalue weighted by molar-refractivity contribution is 5.74. The normalized spacial score (nSPS) is 18.4. The highest BCUT2D eigenvalue weighted by Gasteiger charge is 2.20. The first-order valence-electron chi connectivity index (χ1n) is 7.93. The van der Waals surface area contributed by atoms with E-state index in [1.165, 1.54) is 12.0 Å². The van der Waals surface area contributed by atoms with E-state index in [2.05, 4.69) is 25.2 Å². The number of amides is 2. The lowest BCUT2D eigenvalue weighted by molar-refractivity contribution is 0.167. The van der Waals surface area contributed by atoms with Gasteiger partial charge in [0.2, 0.25) is 0 Å². The monoisotopic (exact) mass is 290 g/mol. The van der Waals surface area contributed by atoms with Gasteiger partial charge >= 0.3 is 6.03 Å². The van der Waals surface area contributed by atoms with Crippen LogP contribution in [0.2, 0.25) is 0 Å². The molecule has 0 saturated carbocycles. The number of nitrogens with one attached hydrogen (secondary N) is 1. The van der Waals surface area contributed by atoms with Gasteiger partial charge in [0.15, 0.2) is 0 Å². The van der Waals surface area contributed by atoms with Crippen LogP contribution in [0.4, 0.5) is 4.79 Å². The van der Waals surface area contributed by atoms with Gasteiger partial charge in [0.1, 0.15) is 12.4 Å². The van der Waals surface area contributed by atoms with Crippen molar-refractivity contribution in [3.63, 3.8) is 0 Å². The SMILES string of the molecule is CCc1cccc(OCCNC(=O)N2CCCC(C)C2)c1. The number of ether oxygens (including phenoxy) is 1. The van der Waals surface area contributed by atoms with E-state index in [1.807, 2.05) is 23.1 Å². The second-order valence-electron chi connectivity index (χ2n) is 5.77. The van der Waals surface area contributed by atoms with Crippen molar-refractivity contribution < 1.29 is 9.53 Å². The van der Waals surface area contributed by atoms with E-state index in [-0.39, 0.29) is 6.03 Å². The Bertz CT molecular complexity index is 462. The molecule has 1 aromatic carbocycles. The molecular weight excluding hydrogens is 264 g/mol. The van der Waals surface area contributed by atoms with E-state index < -0.39 is 0 Å². The number of hydrogen-bond acceptors (Lipinski definition) is 2. The van der Waals surface area contributed by atoms with Gasteiger partial charge in [0, 0.05) is 13.1 Å². The molecule has 2 amide bonds. The van der Waals surface area contributed by atoms with Gasteiger partial charge in [-0.3, -0.25) is 0 Å². The van der Waals surface area contributed by atoms with Gasteiger partial charge in [-0.1, -0.05) is 26.0 Å². The van der Waals surface area contributed by atoms with E-state index in [1.54, 1.807) is 0 Å². The predicted molar refractivity (Wildman–Crippen MR) is 84.7 cm³/mol. The third-order valence-electron chi connectivity index (χ3n) is 3.90. The Balaban J connectivity index is 1.68. The Morgan fingerprint density at radius 1 is 1.48 bits per heavy atom. The Morgan fingerprint density at radius 2 is 2.33 bits per heavy atom. The van der Waals surface area contributed by atoms with Gasteiger partial charge in [-0.2, -0.15) is 0 Å². The molecule has 4 nitrogen and oxygen atoms in total. The zero-order valence-corrected chi connectivity index (χ0v) is 13.1. The summed E-state index contributed by atoms with van der Waals surface area (Å²) in [6, 6.07) is 8.13. The van der Waals surface area contributed by atoms with Crippen molar-refractivity contribution in [2.45, 2.75) is 33.1 Å². The molecule has 1 aromatic rings. The van der Waals surface area contributed by atoms with Crippen LogP contribution in [0.25, 0.3) is 0 Å². The van der Waals surface area contributed by atoms with Crippen molar-refractivity contribution in [2.75, 3.05) is 26.2 Å². The predicted octanol–water partition coefficient (Wildman–Crippen LogP) is 3.07. The quantitative estimate of drug-likeness (QED) is 0.847. The second-order valence-corrected chi connectivity index (χ2v) is 5.77. The largest absolute Gasteiger partial charge is 0.492 e. The Morgan fingerprint density at radius 3 is 3.10 bits per heavy atom. The number of carbonyl (C=O) groups excluding carboxylic acids is 1. The minimum absolute atomic E-state index is 0.0347. The Labute approximate surface area is 127 Å². The molecule has 1 aliphatic heterocycles. The summed E-state index contributed by atoms with van der Waals surface area (Å²) in [5.41, 5.74) is 1.26. The van der Waals surface area contributed by atoms with Crippen LogP contribution in [0.15, 0.2) is 24.3 Å². The van der Waals surface area contributed by atoms with Crippen LogP contribution in [0.5, 0.6) is 5.75 Å². The summed E-state index contributed by atoms with van der Waals surface area (Å²) >= 11 is 0. The molecule has 1 atom stereocenters. The van der Waals surface area contributed by atoms with Crippen molar-refractivity contribution in [1.82, 2.24) is 10.2 Å². The maximum absolute atomic E-state index is 12.0. The van der Waals surface area contributed by atoms with E-state index in [0.29, 0.717) is 19.1 Å². The van der Waals surface area contributed by atoms with Crippen molar-refractivity contribution in [1.29, 1.82) is 0 Å². The van der Waals surface area contributed by atoms with Crippen LogP contribution in [-0.2, 0) is 6.42 Å². The first-order chi connectivity index (χ1) is 10.2. The minimum Gasteiger partial charge on any atom is -0.492 e. The molecule has 0 aromatic heterocycles. The number of rotatable bonds is 5. The molecule has 0 radical (unpaired) electrons. The van der Waals surface area contributed by atoms with Crippen LogP contribution in [-0.4, -0.2) is 37.2 Å². The highest BCUT2D eigenvalue weighted by atomic mass is 16.5. The molecule has 1 saturated heterocycles. The first-order valence-corrected chi connectivity index (χ1v) is 7.93. The van der Waals surface area contributed by atoms with E-state index in [4.69, 9.17) is 4.74 Å². The van der Waals surface area contributed by atoms with Gasteiger partial charge in [0.05, 0.1) is 6.54 Å². The molecule has 1 heterocycles. The highest BCUT2D eigenvalue weighted by Crippen LogP contribution is 2.15. The van der Waals surface area contributed by atoms with Crippen LogP contribution < -0.4 is 10.1 Å². The van der Waals surface area contributed by atoms with Crippen molar-refractivity contribution in [2.24, 2.45) is 5.92 Å². The summed E-state index contributed by atoms with van der Waals surface area (Å²) in [5.74, 6) is 1.48. The molecule has 21 heavy (non-hydrogen) atoms. The number of benzene rings is 1. The lowest BCUT2D eigenvalue weighted by Gasteiger charge is -2.30. The number of piperidine rings is 1. The molecule has 4 heteroatoms. The van der Waals surface area contributed by atoms with Crippen LogP contribution in [0, 0.1) is 5.92 Å². The zero-order valence-electron chi connectivity index (χ0n) is 13.1. The lowest BCUT2D eigenvalue weighted by Crippen LogP contribution is -2.45. The second kappa shape index (κ2) is 7.91. The molecule has 1 unspecified atom stereocenters. The summed E-state index contributed by atoms with van der Waals surface area (Å²) in [6.07, 6.45) is 3.33. The van der Waals surface area contributed by atoms with Crippen LogP contribution in [0.1, 0.15) is 32.3 Å². The number of carbonyl (C=O) groups is 1. The molecular formula is C17H26N2O2. The molecule has 1 fully saturated rings. The fourth-order valence-corrected chi connectivity index (χ4v) is 2.67. The summed E-state index contributed by atoms with van der Waals surface area (Å²) in [4.78, 5) is 13.9. The maximum atomic E-state index is 12.0. The fraction of sp³-hybridized carbons (Fsp3) is 0.588. The number of urea groups is 1. The maximum Gasteiger partial charge on any atom is 0.317 e. The standard InChI is InChI=1S/C17H26N2O2/c1-3-15-7-4-8-16(12-15)21-11-9-18-17(20)19-10-5-6-14(2)13-19/h4,7-8,12,14H,3,5-6,9-11,13H2,1-2H3,(H,18,20). The lowest BCUT2D eigenvalue weighted by atomic mass is 10.0. The smallest absolute Gasteiger partial charge is 0.317 e. The molecule has 1 N–H and O–H groups in total.